The van der Waals surface area contributed by atoms with Crippen molar-refractivity contribution in [3.8, 4) is 6.07 Å². The smallest absolute Gasteiger partial charge is 0.302 e. The predicted molar refractivity (Wildman–Crippen MR) is 94.1 cm³/mol. The van der Waals surface area contributed by atoms with Gasteiger partial charge in [-0.2, -0.15) is 5.26 Å². The van der Waals surface area contributed by atoms with Crippen molar-refractivity contribution in [2.45, 2.75) is 24.0 Å². The number of nitrogens with zero attached hydrogens (tertiary/aromatic N) is 3. The van der Waals surface area contributed by atoms with E-state index in [0.717, 1.165) is 16.9 Å². The van der Waals surface area contributed by atoms with E-state index in [2.05, 4.69) is 18.2 Å². The van der Waals surface area contributed by atoms with Gasteiger partial charge in [-0.25, -0.2) is 4.79 Å². The fraction of sp³-hybridized carbons (Fsp3) is 0.263. The minimum atomic E-state index is -0.390. The molecule has 0 unspecified atom stereocenters. The van der Waals surface area contributed by atoms with Crippen LogP contribution >= 0.6 is 11.8 Å². The number of carbonyl (C=O) groups excluding carboxylic acids is 1. The zero-order chi connectivity index (χ0) is 16.5. The summed E-state index contributed by atoms with van der Waals surface area (Å²) < 4.78 is 0. The summed E-state index contributed by atoms with van der Waals surface area (Å²) in [4.78, 5) is 16.6. The third-order valence-corrected chi connectivity index (χ3v) is 5.96. The lowest BCUT2D eigenvalue weighted by Gasteiger charge is -2.24. The number of fused-ring (bicyclic) bond motifs is 1. The van der Waals surface area contributed by atoms with E-state index in [1.807, 2.05) is 53.4 Å². The third-order valence-electron chi connectivity index (χ3n) is 4.61. The van der Waals surface area contributed by atoms with Crippen LogP contribution in [0.4, 0.5) is 4.79 Å². The molecule has 0 saturated carbocycles. The first-order valence-electron chi connectivity index (χ1n) is 7.98. The van der Waals surface area contributed by atoms with Gasteiger partial charge in [-0.05, 0) is 11.1 Å². The van der Waals surface area contributed by atoms with Gasteiger partial charge in [0, 0.05) is 12.3 Å². The topological polar surface area (TPSA) is 47.3 Å². The second-order valence-corrected chi connectivity index (χ2v) is 7.15. The molecule has 24 heavy (non-hydrogen) atoms. The van der Waals surface area contributed by atoms with E-state index in [-0.39, 0.29) is 23.5 Å². The van der Waals surface area contributed by atoms with E-state index in [1.54, 1.807) is 16.7 Å². The molecule has 2 aliphatic heterocycles. The number of carbonyl (C=O) groups is 1. The van der Waals surface area contributed by atoms with E-state index in [1.165, 1.54) is 0 Å². The fourth-order valence-electron chi connectivity index (χ4n) is 3.46. The Labute approximate surface area is 145 Å². The molecule has 0 aromatic heterocycles. The molecule has 2 saturated heterocycles. The molecular formula is C19H17N3OS. The highest BCUT2D eigenvalue weighted by molar-refractivity contribution is 7.99. The van der Waals surface area contributed by atoms with Crippen LogP contribution in [-0.2, 0) is 6.54 Å². The normalized spacial score (nSPS) is 25.6. The summed E-state index contributed by atoms with van der Waals surface area (Å²) in [5.74, 6) is 0.800. The highest BCUT2D eigenvalue weighted by Crippen LogP contribution is 2.46. The lowest BCUT2D eigenvalue weighted by molar-refractivity contribution is 0.184. The van der Waals surface area contributed by atoms with Gasteiger partial charge in [0.05, 0.1) is 12.1 Å². The molecule has 2 amide bonds. The number of amides is 2. The van der Waals surface area contributed by atoms with Crippen molar-refractivity contribution in [1.82, 2.24) is 9.80 Å². The fourth-order valence-corrected chi connectivity index (χ4v) is 4.94. The van der Waals surface area contributed by atoms with Crippen LogP contribution in [0.3, 0.4) is 0 Å². The molecule has 5 heteroatoms. The van der Waals surface area contributed by atoms with Gasteiger partial charge in [-0.3, -0.25) is 0 Å². The van der Waals surface area contributed by atoms with E-state index in [9.17, 15) is 10.1 Å². The average molecular weight is 335 g/mol. The predicted octanol–water partition coefficient (Wildman–Crippen LogP) is 3.63. The first-order chi connectivity index (χ1) is 11.8. The highest BCUT2D eigenvalue weighted by atomic mass is 32.2. The molecule has 2 aliphatic rings. The monoisotopic (exact) mass is 335 g/mol. The summed E-state index contributed by atoms with van der Waals surface area (Å²) in [6.07, 6.45) is 0. The van der Waals surface area contributed by atoms with Gasteiger partial charge in [0.2, 0.25) is 0 Å². The van der Waals surface area contributed by atoms with Crippen molar-refractivity contribution >= 4 is 17.8 Å². The first kappa shape index (κ1) is 15.1. The molecule has 4 nitrogen and oxygen atoms in total. The molecule has 4 rings (SSSR count). The van der Waals surface area contributed by atoms with Crippen LogP contribution in [0.25, 0.3) is 0 Å². The van der Waals surface area contributed by atoms with E-state index in [4.69, 9.17) is 0 Å². The molecule has 0 aliphatic carbocycles. The van der Waals surface area contributed by atoms with Crippen LogP contribution in [0, 0.1) is 11.3 Å². The Kier molecular flexibility index (Phi) is 3.91. The van der Waals surface area contributed by atoms with Crippen molar-refractivity contribution < 1.29 is 4.79 Å². The lowest BCUT2D eigenvalue weighted by Crippen LogP contribution is -2.35. The largest absolute Gasteiger partial charge is 0.323 e. The summed E-state index contributed by atoms with van der Waals surface area (Å²) in [5, 5.41) is 9.66. The van der Waals surface area contributed by atoms with E-state index in [0.29, 0.717) is 6.54 Å². The molecule has 2 heterocycles. The molecule has 2 aromatic rings. The maximum absolute atomic E-state index is 13.0. The second kappa shape index (κ2) is 6.21. The van der Waals surface area contributed by atoms with E-state index < -0.39 is 0 Å². The Morgan fingerprint density at radius 2 is 1.75 bits per heavy atom. The Balaban J connectivity index is 1.63. The van der Waals surface area contributed by atoms with Gasteiger partial charge in [-0.15, -0.1) is 11.8 Å². The Bertz CT molecular complexity index is 774. The van der Waals surface area contributed by atoms with Crippen LogP contribution in [-0.4, -0.2) is 33.7 Å². The molecule has 2 fully saturated rings. The van der Waals surface area contributed by atoms with Gasteiger partial charge in [0.1, 0.15) is 11.4 Å². The van der Waals surface area contributed by atoms with Gasteiger partial charge in [0.25, 0.3) is 0 Å². The molecule has 3 atom stereocenters. The summed E-state index contributed by atoms with van der Waals surface area (Å²) in [5.41, 5.74) is 2.17. The number of urea groups is 1. The summed E-state index contributed by atoms with van der Waals surface area (Å²) >= 11 is 1.75. The minimum absolute atomic E-state index is 0.000299. The molecule has 0 spiro atoms. The standard InChI is InChI=1S/C19H17N3OS/c20-11-16-17-13-24-18(15-9-5-2-6-10-15)22(17)19(23)21(16)12-14-7-3-1-4-8-14/h1-10,16-18H,12-13H2/t16-,17+,18+/m1/s1. The van der Waals surface area contributed by atoms with Crippen molar-refractivity contribution in [2.24, 2.45) is 0 Å². The van der Waals surface area contributed by atoms with Gasteiger partial charge < -0.3 is 9.80 Å². The lowest BCUT2D eigenvalue weighted by atomic mass is 10.1. The third kappa shape index (κ3) is 2.44. The highest BCUT2D eigenvalue weighted by Gasteiger charge is 2.52. The number of rotatable bonds is 3. The van der Waals surface area contributed by atoms with Crippen LogP contribution < -0.4 is 0 Å². The summed E-state index contributed by atoms with van der Waals surface area (Å²) in [6, 6.07) is 21.8. The maximum Gasteiger partial charge on any atom is 0.323 e. The number of hydrogen-bond acceptors (Lipinski definition) is 3. The van der Waals surface area contributed by atoms with Crippen LogP contribution in [0.1, 0.15) is 16.5 Å². The Morgan fingerprint density at radius 1 is 1.08 bits per heavy atom. The summed E-state index contributed by atoms with van der Waals surface area (Å²) in [6.45, 7) is 0.483. The molecule has 2 aromatic carbocycles. The van der Waals surface area contributed by atoms with Crippen molar-refractivity contribution in [3.05, 3.63) is 71.8 Å². The number of thioether (sulfide) groups is 1. The number of nitriles is 1. The number of hydrogen-bond donors (Lipinski definition) is 0. The van der Waals surface area contributed by atoms with Gasteiger partial charge in [0.15, 0.2) is 0 Å². The second-order valence-electron chi connectivity index (χ2n) is 6.04. The van der Waals surface area contributed by atoms with Crippen LogP contribution in [0.15, 0.2) is 60.7 Å². The zero-order valence-corrected chi connectivity index (χ0v) is 13.9. The quantitative estimate of drug-likeness (QED) is 0.860. The van der Waals surface area contributed by atoms with Gasteiger partial charge in [-0.1, -0.05) is 60.7 Å². The Morgan fingerprint density at radius 3 is 2.42 bits per heavy atom. The molecule has 0 bridgehead atoms. The molecule has 120 valence electrons. The Hall–Kier alpha value is -2.45. The molecular weight excluding hydrogens is 318 g/mol. The van der Waals surface area contributed by atoms with Crippen LogP contribution in [0.5, 0.6) is 0 Å². The van der Waals surface area contributed by atoms with E-state index >= 15 is 0 Å². The van der Waals surface area contributed by atoms with Gasteiger partial charge >= 0.3 is 6.03 Å². The van der Waals surface area contributed by atoms with Crippen molar-refractivity contribution in [1.29, 1.82) is 5.26 Å². The summed E-state index contributed by atoms with van der Waals surface area (Å²) in [7, 11) is 0. The SMILES string of the molecule is N#C[C@@H]1[C@@H]2CS[C@@H](c3ccccc3)N2C(=O)N1Cc1ccccc1. The zero-order valence-electron chi connectivity index (χ0n) is 13.1. The van der Waals surface area contributed by atoms with Crippen LogP contribution in [0.2, 0.25) is 0 Å². The average Bonchev–Trinajstić information content (AvgIpc) is 3.17. The molecule has 0 radical (unpaired) electrons. The maximum atomic E-state index is 13.0. The van der Waals surface area contributed by atoms with Crippen molar-refractivity contribution in [3.63, 3.8) is 0 Å². The minimum Gasteiger partial charge on any atom is -0.302 e. The van der Waals surface area contributed by atoms with Crippen molar-refractivity contribution in [2.75, 3.05) is 5.75 Å². The first-order valence-corrected chi connectivity index (χ1v) is 9.03. The molecule has 0 N–H and O–H groups in total. The number of benzene rings is 2.